The molecule has 0 spiro atoms. The van der Waals surface area contributed by atoms with Crippen LogP contribution >= 0.6 is 0 Å². The number of nitrogens with zero attached hydrogens (tertiary/aromatic N) is 4. The molecule has 3 heterocycles. The van der Waals surface area contributed by atoms with Crippen LogP contribution in [0.25, 0.3) is 16.5 Å². The van der Waals surface area contributed by atoms with E-state index >= 15 is 0 Å². The molecule has 0 bridgehead atoms. The lowest BCUT2D eigenvalue weighted by atomic mass is 9.92. The van der Waals surface area contributed by atoms with Crippen LogP contribution in [-0.2, 0) is 12.0 Å². The second-order valence-corrected chi connectivity index (χ2v) is 12.4. The second-order valence-electron chi connectivity index (χ2n) is 12.4. The van der Waals surface area contributed by atoms with Gasteiger partial charge in [-0.1, -0.05) is 67.9 Å². The van der Waals surface area contributed by atoms with E-state index in [2.05, 4.69) is 52.2 Å². The molecule has 0 saturated carbocycles. The predicted molar refractivity (Wildman–Crippen MR) is 185 cm³/mol. The highest BCUT2D eigenvalue weighted by molar-refractivity contribution is 6.07. The average Bonchev–Trinajstić information content (AvgIpc) is 3.68. The number of anilines is 3. The van der Waals surface area contributed by atoms with Crippen molar-refractivity contribution >= 4 is 40.2 Å². The van der Waals surface area contributed by atoms with Crippen molar-refractivity contribution in [3.8, 4) is 17.2 Å². The quantitative estimate of drug-likeness (QED) is 0.131. The molecule has 3 aromatic heterocycles. The number of hydrogen-bond donors (Lipinski definition) is 4. The van der Waals surface area contributed by atoms with E-state index in [1.54, 1.807) is 48.1 Å². The van der Waals surface area contributed by atoms with Crippen LogP contribution < -0.4 is 26.0 Å². The van der Waals surface area contributed by atoms with Crippen molar-refractivity contribution in [1.82, 2.24) is 25.2 Å². The van der Waals surface area contributed by atoms with Crippen molar-refractivity contribution in [2.45, 2.75) is 46.6 Å². The number of carbonyl (C=O) groups excluding carboxylic acids is 2. The number of pyridine rings is 1. The molecule has 0 unspecified atom stereocenters. The summed E-state index contributed by atoms with van der Waals surface area (Å²) in [5.41, 5.74) is 3.94. The Labute approximate surface area is 277 Å². The first-order valence-electron chi connectivity index (χ1n) is 15.4. The van der Waals surface area contributed by atoms with Crippen LogP contribution in [0.5, 0.6) is 11.5 Å². The molecule has 0 fully saturated rings. The number of rotatable bonds is 8. The van der Waals surface area contributed by atoms with Gasteiger partial charge in [-0.05, 0) is 44.2 Å². The van der Waals surface area contributed by atoms with Crippen LogP contribution in [0, 0.1) is 13.8 Å². The van der Waals surface area contributed by atoms with Gasteiger partial charge in [0.15, 0.2) is 5.76 Å². The van der Waals surface area contributed by atoms with Crippen LogP contribution in [0.4, 0.5) is 26.9 Å². The highest BCUT2D eigenvalue weighted by atomic mass is 16.5. The SMILES string of the molecule is Cc1ccc(-n2nc(C(C)(C)C)cc2NC(=O)Nc2ccc(Oc3ccnc(NC(=O)NCc4cc(C)no4)c3)c3ccccc23)cc1. The summed E-state index contributed by atoms with van der Waals surface area (Å²) in [6, 6.07) is 25.2. The molecule has 6 aromatic rings. The molecule has 4 N–H and O–H groups in total. The van der Waals surface area contributed by atoms with Gasteiger partial charge in [0.2, 0.25) is 0 Å². The van der Waals surface area contributed by atoms with Gasteiger partial charge in [0.05, 0.1) is 29.3 Å². The van der Waals surface area contributed by atoms with Crippen LogP contribution in [-0.4, -0.2) is 32.0 Å². The molecule has 4 amide bonds. The molecular weight excluding hydrogens is 608 g/mol. The first-order valence-corrected chi connectivity index (χ1v) is 15.4. The maximum Gasteiger partial charge on any atom is 0.324 e. The minimum Gasteiger partial charge on any atom is -0.457 e. The smallest absolute Gasteiger partial charge is 0.324 e. The van der Waals surface area contributed by atoms with Crippen molar-refractivity contribution in [1.29, 1.82) is 0 Å². The number of amides is 4. The van der Waals surface area contributed by atoms with E-state index < -0.39 is 12.1 Å². The van der Waals surface area contributed by atoms with E-state index in [4.69, 9.17) is 14.4 Å². The molecule has 0 aliphatic rings. The van der Waals surface area contributed by atoms with Crippen molar-refractivity contribution < 1.29 is 18.8 Å². The van der Waals surface area contributed by atoms with Crippen molar-refractivity contribution in [2.75, 3.05) is 16.0 Å². The number of urea groups is 2. The van der Waals surface area contributed by atoms with E-state index in [-0.39, 0.29) is 12.0 Å². The summed E-state index contributed by atoms with van der Waals surface area (Å²) >= 11 is 0. The Bertz CT molecular complexity index is 2090. The lowest BCUT2D eigenvalue weighted by Crippen LogP contribution is -2.28. The van der Waals surface area contributed by atoms with E-state index in [1.807, 2.05) is 61.5 Å². The summed E-state index contributed by atoms with van der Waals surface area (Å²) in [6.45, 7) is 10.3. The molecule has 3 aromatic carbocycles. The van der Waals surface area contributed by atoms with Crippen molar-refractivity contribution in [3.63, 3.8) is 0 Å². The third kappa shape index (κ3) is 7.44. The van der Waals surface area contributed by atoms with Crippen molar-refractivity contribution in [2.24, 2.45) is 0 Å². The maximum atomic E-state index is 13.4. The molecule has 12 heteroatoms. The van der Waals surface area contributed by atoms with Gasteiger partial charge < -0.3 is 19.9 Å². The summed E-state index contributed by atoms with van der Waals surface area (Å²) in [6.07, 6.45) is 1.54. The van der Waals surface area contributed by atoms with E-state index in [1.165, 1.54) is 0 Å². The summed E-state index contributed by atoms with van der Waals surface area (Å²) < 4.78 is 13.1. The lowest BCUT2D eigenvalue weighted by molar-refractivity contribution is 0.250. The zero-order valence-corrected chi connectivity index (χ0v) is 27.3. The van der Waals surface area contributed by atoms with Gasteiger partial charge in [0.25, 0.3) is 0 Å². The number of aryl methyl sites for hydroxylation is 2. The number of fused-ring (bicyclic) bond motifs is 1. The highest BCUT2D eigenvalue weighted by Crippen LogP contribution is 2.35. The van der Waals surface area contributed by atoms with Crippen LogP contribution in [0.1, 0.15) is 43.5 Å². The molecule has 0 atom stereocenters. The van der Waals surface area contributed by atoms with Gasteiger partial charge in [0, 0.05) is 40.6 Å². The average molecular weight is 645 g/mol. The molecule has 0 saturated heterocycles. The van der Waals surface area contributed by atoms with Crippen LogP contribution in [0.2, 0.25) is 0 Å². The maximum absolute atomic E-state index is 13.4. The summed E-state index contributed by atoms with van der Waals surface area (Å²) in [5.74, 6) is 2.42. The zero-order chi connectivity index (χ0) is 33.8. The van der Waals surface area contributed by atoms with Crippen LogP contribution in [0.3, 0.4) is 0 Å². The topological polar surface area (TPSA) is 148 Å². The third-order valence-corrected chi connectivity index (χ3v) is 7.43. The Morgan fingerprint density at radius 2 is 1.62 bits per heavy atom. The minimum absolute atomic E-state index is 0.182. The Hall–Kier alpha value is -6.17. The monoisotopic (exact) mass is 644 g/mol. The molecule has 0 radical (unpaired) electrons. The zero-order valence-electron chi connectivity index (χ0n) is 27.3. The molecule has 6 rings (SSSR count). The fraction of sp³-hybridized carbons (Fsp3) is 0.194. The predicted octanol–water partition coefficient (Wildman–Crippen LogP) is 8.08. The summed E-state index contributed by atoms with van der Waals surface area (Å²) in [7, 11) is 0. The second kappa shape index (κ2) is 13.3. The number of aromatic nitrogens is 4. The van der Waals surface area contributed by atoms with Crippen LogP contribution in [0.15, 0.2) is 95.6 Å². The highest BCUT2D eigenvalue weighted by Gasteiger charge is 2.22. The molecule has 48 heavy (non-hydrogen) atoms. The first-order chi connectivity index (χ1) is 23.0. The lowest BCUT2D eigenvalue weighted by Gasteiger charge is -2.15. The summed E-state index contributed by atoms with van der Waals surface area (Å²) in [4.78, 5) is 30.0. The number of ether oxygens (including phenoxy) is 1. The van der Waals surface area contributed by atoms with Gasteiger partial charge in [-0.2, -0.15) is 5.10 Å². The molecule has 0 aliphatic carbocycles. The summed E-state index contributed by atoms with van der Waals surface area (Å²) in [5, 5.41) is 21.6. The largest absolute Gasteiger partial charge is 0.457 e. The van der Waals surface area contributed by atoms with E-state index in [0.717, 1.165) is 33.4 Å². The number of carbonyl (C=O) groups is 2. The molecule has 0 aliphatic heterocycles. The van der Waals surface area contributed by atoms with E-state index in [9.17, 15) is 9.59 Å². The molecule has 244 valence electrons. The minimum atomic E-state index is -0.454. The Morgan fingerprint density at radius 1 is 0.854 bits per heavy atom. The Kier molecular flexibility index (Phi) is 8.80. The molecular formula is C36H36N8O4. The van der Waals surface area contributed by atoms with Gasteiger partial charge in [-0.3, -0.25) is 10.6 Å². The third-order valence-electron chi connectivity index (χ3n) is 7.43. The van der Waals surface area contributed by atoms with Crippen molar-refractivity contribution in [3.05, 3.63) is 114 Å². The first kappa shape index (κ1) is 31.8. The number of hydrogen-bond acceptors (Lipinski definition) is 7. The van der Waals surface area contributed by atoms with Gasteiger partial charge in [-0.25, -0.2) is 19.3 Å². The Balaban J connectivity index is 1.17. The van der Waals surface area contributed by atoms with Gasteiger partial charge >= 0.3 is 12.1 Å². The van der Waals surface area contributed by atoms with Gasteiger partial charge in [0.1, 0.15) is 23.1 Å². The Morgan fingerprint density at radius 3 is 2.35 bits per heavy atom. The fourth-order valence-electron chi connectivity index (χ4n) is 4.96. The molecule has 12 nitrogen and oxygen atoms in total. The normalized spacial score (nSPS) is 11.3. The fourth-order valence-corrected chi connectivity index (χ4v) is 4.96. The standard InChI is InChI=1S/C36H36N8O4/c1-22-10-12-24(13-11-22)44-33(20-31(42-44)36(3,4)5)41-35(46)39-29-14-15-30(28-9-7-6-8-27(28)29)47-25-16-17-37-32(19-25)40-34(45)38-21-26-18-23(2)43-48-26/h6-20H,21H2,1-5H3,(H2,39,41,46)(H2,37,38,40,45). The van der Waals surface area contributed by atoms with E-state index in [0.29, 0.717) is 34.6 Å². The number of benzene rings is 3. The van der Waals surface area contributed by atoms with Gasteiger partial charge in [-0.15, -0.1) is 0 Å². The number of nitrogens with one attached hydrogen (secondary N) is 4.